The highest BCUT2D eigenvalue weighted by Gasteiger charge is 2.32. The van der Waals surface area contributed by atoms with Crippen LogP contribution in [0.2, 0.25) is 0 Å². The van der Waals surface area contributed by atoms with Crippen LogP contribution < -0.4 is 15.8 Å². The molecule has 0 unspecified atom stereocenters. The largest absolute Gasteiger partial charge is 0.437 e. The highest BCUT2D eigenvalue weighted by atomic mass is 19.4. The summed E-state index contributed by atoms with van der Waals surface area (Å²) in [7, 11) is 0. The van der Waals surface area contributed by atoms with Gasteiger partial charge in [0.1, 0.15) is 29.2 Å². The Balaban J connectivity index is 1.68. The van der Waals surface area contributed by atoms with E-state index in [4.69, 9.17) is 10.5 Å². The normalized spacial score (nSPS) is 11.6. The number of aromatic amines is 1. The van der Waals surface area contributed by atoms with E-state index in [2.05, 4.69) is 35.2 Å². The highest BCUT2D eigenvalue weighted by molar-refractivity contribution is 5.88. The first-order valence-corrected chi connectivity index (χ1v) is 8.20. The zero-order valence-electron chi connectivity index (χ0n) is 14.8. The third kappa shape index (κ3) is 3.85. The van der Waals surface area contributed by atoms with Gasteiger partial charge in [-0.05, 0) is 18.6 Å². The van der Waals surface area contributed by atoms with Gasteiger partial charge in [-0.15, -0.1) is 0 Å². The number of anilines is 3. The molecule has 0 aliphatic rings. The molecule has 0 fully saturated rings. The fraction of sp³-hybridized carbons (Fsp3) is 0.118. The first-order chi connectivity index (χ1) is 13.8. The van der Waals surface area contributed by atoms with Gasteiger partial charge < -0.3 is 20.8 Å². The number of hydrogen-bond acceptors (Lipinski definition) is 8. The third-order valence-corrected chi connectivity index (χ3v) is 3.89. The van der Waals surface area contributed by atoms with Crippen LogP contribution in [0.4, 0.5) is 30.5 Å². The van der Waals surface area contributed by atoms with Gasteiger partial charge in [-0.2, -0.15) is 18.2 Å². The van der Waals surface area contributed by atoms with Crippen LogP contribution in [0.3, 0.4) is 0 Å². The maximum absolute atomic E-state index is 12.8. The van der Waals surface area contributed by atoms with Crippen molar-refractivity contribution in [3.8, 4) is 11.6 Å². The molecular weight excluding hydrogens is 389 g/mol. The molecule has 0 aliphatic heterocycles. The number of H-pyrrole nitrogens is 1. The van der Waals surface area contributed by atoms with E-state index >= 15 is 0 Å². The molecule has 0 aromatic carbocycles. The molecule has 0 radical (unpaired) electrons. The topological polar surface area (TPSA) is 128 Å². The molecule has 4 aromatic heterocycles. The fourth-order valence-electron chi connectivity index (χ4n) is 2.55. The van der Waals surface area contributed by atoms with E-state index in [1.807, 2.05) is 0 Å². The number of aryl methyl sites for hydroxylation is 1. The number of nitrogen functional groups attached to an aromatic ring is 1. The number of nitrogens with zero attached hydrogens (tertiary/aromatic N) is 5. The molecule has 0 atom stereocenters. The monoisotopic (exact) mass is 402 g/mol. The van der Waals surface area contributed by atoms with E-state index in [9.17, 15) is 13.2 Å². The number of pyridine rings is 2. The lowest BCUT2D eigenvalue weighted by Gasteiger charge is -2.12. The van der Waals surface area contributed by atoms with Crippen molar-refractivity contribution in [1.82, 2.24) is 29.9 Å². The van der Waals surface area contributed by atoms with Crippen molar-refractivity contribution < 1.29 is 17.9 Å². The van der Waals surface area contributed by atoms with Crippen molar-refractivity contribution in [1.29, 1.82) is 0 Å². The van der Waals surface area contributed by atoms with Crippen molar-refractivity contribution >= 4 is 28.5 Å². The van der Waals surface area contributed by atoms with Crippen LogP contribution in [-0.4, -0.2) is 29.9 Å². The van der Waals surface area contributed by atoms with Gasteiger partial charge in [-0.1, -0.05) is 0 Å². The van der Waals surface area contributed by atoms with Gasteiger partial charge >= 0.3 is 6.18 Å². The lowest BCUT2D eigenvalue weighted by atomic mass is 10.2. The minimum absolute atomic E-state index is 0.110. The van der Waals surface area contributed by atoms with E-state index in [0.717, 1.165) is 12.3 Å². The summed E-state index contributed by atoms with van der Waals surface area (Å²) in [4.78, 5) is 22.6. The summed E-state index contributed by atoms with van der Waals surface area (Å²) < 4.78 is 44.1. The number of hydrogen-bond donors (Lipinski definition) is 3. The van der Waals surface area contributed by atoms with Crippen molar-refractivity contribution in [3.05, 3.63) is 48.3 Å². The molecule has 9 nitrogen and oxygen atoms in total. The number of imidazole rings is 1. The Morgan fingerprint density at radius 2 is 1.93 bits per heavy atom. The smallest absolute Gasteiger partial charge is 0.433 e. The summed E-state index contributed by atoms with van der Waals surface area (Å²) in [6, 6.07) is 3.99. The summed E-state index contributed by atoms with van der Waals surface area (Å²) in [6.07, 6.45) is -0.775. The first-order valence-electron chi connectivity index (χ1n) is 8.20. The van der Waals surface area contributed by atoms with Gasteiger partial charge in [0.25, 0.3) is 0 Å². The summed E-state index contributed by atoms with van der Waals surface area (Å²) in [5, 5.41) is 3.06. The number of nitrogens with one attached hydrogen (secondary N) is 2. The van der Waals surface area contributed by atoms with Crippen LogP contribution in [-0.2, 0) is 6.18 Å². The van der Waals surface area contributed by atoms with Crippen LogP contribution in [0.1, 0.15) is 11.3 Å². The average Bonchev–Trinajstić information content (AvgIpc) is 3.11. The number of fused-ring (bicyclic) bond motifs is 1. The summed E-state index contributed by atoms with van der Waals surface area (Å²) >= 11 is 0. The predicted octanol–water partition coefficient (Wildman–Crippen LogP) is 3.59. The predicted molar refractivity (Wildman–Crippen MR) is 97.7 cm³/mol. The molecule has 0 amide bonds. The quantitative estimate of drug-likeness (QED) is 0.473. The highest BCUT2D eigenvalue weighted by Crippen LogP contribution is 2.33. The van der Waals surface area contributed by atoms with Crippen molar-refractivity contribution in [3.63, 3.8) is 0 Å². The molecule has 148 valence electrons. The second-order valence-electron chi connectivity index (χ2n) is 6.00. The molecular formula is C17H13F3N8O. The summed E-state index contributed by atoms with van der Waals surface area (Å²) in [6.45, 7) is 1.49. The van der Waals surface area contributed by atoms with Gasteiger partial charge in [-0.25, -0.2) is 19.9 Å². The van der Waals surface area contributed by atoms with E-state index in [0.29, 0.717) is 22.7 Å². The van der Waals surface area contributed by atoms with E-state index in [-0.39, 0.29) is 23.0 Å². The van der Waals surface area contributed by atoms with E-state index in [1.54, 1.807) is 6.07 Å². The van der Waals surface area contributed by atoms with Gasteiger partial charge in [0, 0.05) is 12.1 Å². The van der Waals surface area contributed by atoms with Crippen LogP contribution in [0.25, 0.3) is 11.2 Å². The maximum Gasteiger partial charge on any atom is 0.433 e. The molecule has 0 saturated heterocycles. The van der Waals surface area contributed by atoms with Gasteiger partial charge in [0.05, 0.1) is 18.2 Å². The SMILES string of the molecule is Cc1cc(C(F)(F)F)ncc1Oc1cc(Nc2cc(N)ncn2)c2[nH]cnc2n1. The average molecular weight is 402 g/mol. The Morgan fingerprint density at radius 3 is 2.66 bits per heavy atom. The number of aromatic nitrogens is 6. The molecule has 4 N–H and O–H groups in total. The van der Waals surface area contributed by atoms with Gasteiger partial charge in [-0.3, -0.25) is 0 Å². The van der Waals surface area contributed by atoms with Crippen molar-refractivity contribution in [2.24, 2.45) is 0 Å². The van der Waals surface area contributed by atoms with E-state index < -0.39 is 11.9 Å². The summed E-state index contributed by atoms with van der Waals surface area (Å²) in [5.41, 5.74) is 6.37. The lowest BCUT2D eigenvalue weighted by Crippen LogP contribution is -2.08. The minimum Gasteiger partial charge on any atom is -0.437 e. The molecule has 0 saturated carbocycles. The van der Waals surface area contributed by atoms with Crippen LogP contribution in [0.5, 0.6) is 11.6 Å². The summed E-state index contributed by atoms with van der Waals surface area (Å²) in [5.74, 6) is 0.953. The van der Waals surface area contributed by atoms with Crippen molar-refractivity contribution in [2.45, 2.75) is 13.1 Å². The van der Waals surface area contributed by atoms with Crippen LogP contribution in [0, 0.1) is 6.92 Å². The Bertz CT molecular complexity index is 1190. The Labute approximate surface area is 161 Å². The number of ether oxygens (including phenoxy) is 1. The second-order valence-corrected chi connectivity index (χ2v) is 6.00. The molecule has 4 rings (SSSR count). The zero-order chi connectivity index (χ0) is 20.6. The molecule has 0 bridgehead atoms. The standard InChI is InChI=1S/C17H13F3N8O/c1-8-2-11(17(18,19)20)22-5-10(8)29-14-3-9(15-16(28-14)26-7-25-15)27-13-4-12(21)23-6-24-13/h2-7H,1H3,(H4,21,23,24,25,26,27,28). The van der Waals surface area contributed by atoms with Gasteiger partial charge in [0.2, 0.25) is 5.88 Å². The third-order valence-electron chi connectivity index (χ3n) is 3.89. The molecule has 4 heterocycles. The minimum atomic E-state index is -4.54. The molecule has 0 spiro atoms. The second kappa shape index (κ2) is 6.89. The Morgan fingerprint density at radius 1 is 1.10 bits per heavy atom. The first kappa shape index (κ1) is 18.4. The van der Waals surface area contributed by atoms with Crippen molar-refractivity contribution in [2.75, 3.05) is 11.1 Å². The Kier molecular flexibility index (Phi) is 4.37. The number of halogens is 3. The molecule has 29 heavy (non-hydrogen) atoms. The van der Waals surface area contributed by atoms with Crippen LogP contribution >= 0.6 is 0 Å². The fourth-order valence-corrected chi connectivity index (χ4v) is 2.55. The zero-order valence-corrected chi connectivity index (χ0v) is 14.8. The van der Waals surface area contributed by atoms with Gasteiger partial charge in [0.15, 0.2) is 11.4 Å². The molecule has 12 heteroatoms. The Hall–Kier alpha value is -3.96. The number of rotatable bonds is 4. The molecule has 4 aromatic rings. The van der Waals surface area contributed by atoms with E-state index in [1.165, 1.54) is 25.6 Å². The lowest BCUT2D eigenvalue weighted by molar-refractivity contribution is -0.141. The molecule has 0 aliphatic carbocycles. The maximum atomic E-state index is 12.8. The number of alkyl halides is 3. The van der Waals surface area contributed by atoms with Crippen LogP contribution in [0.15, 0.2) is 37.1 Å². The number of nitrogens with two attached hydrogens (primary N) is 1.